The van der Waals surface area contributed by atoms with E-state index in [4.69, 9.17) is 6.42 Å². The van der Waals surface area contributed by atoms with E-state index < -0.39 is 0 Å². The first-order chi connectivity index (χ1) is 7.86. The van der Waals surface area contributed by atoms with E-state index in [9.17, 15) is 0 Å². The Labute approximate surface area is 96.0 Å². The van der Waals surface area contributed by atoms with Gasteiger partial charge in [-0.05, 0) is 25.0 Å². The highest BCUT2D eigenvalue weighted by Gasteiger charge is 2.11. The second kappa shape index (κ2) is 4.63. The van der Waals surface area contributed by atoms with Crippen LogP contribution in [0.15, 0.2) is 42.5 Å². The lowest BCUT2D eigenvalue weighted by Crippen LogP contribution is -2.37. The van der Waals surface area contributed by atoms with Gasteiger partial charge in [-0.3, -0.25) is 0 Å². The third-order valence-corrected chi connectivity index (χ3v) is 2.56. The van der Waals surface area contributed by atoms with Crippen LogP contribution in [0.4, 0.5) is 0 Å². The Hall–Kier alpha value is -2.07. The van der Waals surface area contributed by atoms with Crippen molar-refractivity contribution >= 4 is 17.0 Å². The van der Waals surface area contributed by atoms with Gasteiger partial charge in [-0.15, -0.1) is 6.42 Å². The molecule has 0 aliphatic heterocycles. The van der Waals surface area contributed by atoms with Gasteiger partial charge in [0.25, 0.3) is 0 Å². The number of allylic oxidation sites excluding steroid dienone is 1. The minimum absolute atomic E-state index is 0.598. The third-order valence-electron chi connectivity index (χ3n) is 2.56. The zero-order valence-corrected chi connectivity index (χ0v) is 9.35. The highest BCUT2D eigenvalue weighted by molar-refractivity contribution is 5.76. The van der Waals surface area contributed by atoms with Gasteiger partial charge in [-0.25, -0.2) is 0 Å². The standard InChI is InChI=1S/C15H14N/c1-3-7-14-11-10-13-8-5-6-9-15(13)16(14)12-4-2/h2-3,5-11H,12H2,1H3/q+1. The van der Waals surface area contributed by atoms with Crippen LogP contribution in [-0.2, 0) is 6.54 Å². The first-order valence-corrected chi connectivity index (χ1v) is 5.34. The Morgan fingerprint density at radius 2 is 2.06 bits per heavy atom. The summed E-state index contributed by atoms with van der Waals surface area (Å²) < 4.78 is 2.15. The summed E-state index contributed by atoms with van der Waals surface area (Å²) in [5.74, 6) is 2.70. The first kappa shape index (κ1) is 10.4. The van der Waals surface area contributed by atoms with Gasteiger partial charge in [-0.1, -0.05) is 18.2 Å². The first-order valence-electron chi connectivity index (χ1n) is 5.34. The fourth-order valence-electron chi connectivity index (χ4n) is 1.86. The highest BCUT2D eigenvalue weighted by Crippen LogP contribution is 2.11. The molecule has 1 aromatic heterocycles. The minimum atomic E-state index is 0.598. The van der Waals surface area contributed by atoms with E-state index in [2.05, 4.69) is 40.8 Å². The molecule has 1 heterocycles. The molecule has 2 rings (SSSR count). The van der Waals surface area contributed by atoms with Crippen molar-refractivity contribution in [2.75, 3.05) is 0 Å². The lowest BCUT2D eigenvalue weighted by molar-refractivity contribution is -0.660. The third kappa shape index (κ3) is 1.83. The van der Waals surface area contributed by atoms with Crippen LogP contribution in [0.1, 0.15) is 12.6 Å². The molecule has 0 aliphatic rings. The summed E-state index contributed by atoms with van der Waals surface area (Å²) in [6.45, 7) is 2.61. The second-order valence-electron chi connectivity index (χ2n) is 3.61. The number of fused-ring (bicyclic) bond motifs is 1. The van der Waals surface area contributed by atoms with Gasteiger partial charge in [0, 0.05) is 23.6 Å². The molecule has 0 aliphatic carbocycles. The number of hydrogen-bond donors (Lipinski definition) is 0. The van der Waals surface area contributed by atoms with Crippen LogP contribution in [0.25, 0.3) is 17.0 Å². The van der Waals surface area contributed by atoms with Crippen molar-refractivity contribution in [1.82, 2.24) is 0 Å². The van der Waals surface area contributed by atoms with Crippen molar-refractivity contribution in [3.05, 3.63) is 48.2 Å². The molecule has 0 bridgehead atoms. The Bertz CT molecular complexity index is 573. The van der Waals surface area contributed by atoms with Gasteiger partial charge in [-0.2, -0.15) is 4.57 Å². The van der Waals surface area contributed by atoms with Crippen LogP contribution in [0, 0.1) is 12.3 Å². The fourth-order valence-corrected chi connectivity index (χ4v) is 1.86. The number of rotatable bonds is 2. The average Bonchev–Trinajstić information content (AvgIpc) is 2.32. The monoisotopic (exact) mass is 208 g/mol. The van der Waals surface area contributed by atoms with Crippen LogP contribution < -0.4 is 4.57 Å². The Morgan fingerprint density at radius 1 is 1.25 bits per heavy atom. The van der Waals surface area contributed by atoms with Gasteiger partial charge in [0.1, 0.15) is 0 Å². The lowest BCUT2D eigenvalue weighted by atomic mass is 10.2. The van der Waals surface area contributed by atoms with Gasteiger partial charge in [0.15, 0.2) is 0 Å². The largest absolute Gasteiger partial charge is 0.213 e. The van der Waals surface area contributed by atoms with Crippen molar-refractivity contribution in [2.45, 2.75) is 13.5 Å². The SMILES string of the molecule is C#CC[n+]1c(C=CC)ccc2ccccc21. The molecule has 0 radical (unpaired) electrons. The van der Waals surface area contributed by atoms with E-state index in [1.165, 1.54) is 10.9 Å². The molecule has 16 heavy (non-hydrogen) atoms. The quantitative estimate of drug-likeness (QED) is 0.528. The van der Waals surface area contributed by atoms with Crippen molar-refractivity contribution in [3.8, 4) is 12.3 Å². The number of para-hydroxylation sites is 1. The number of terminal acetylenes is 1. The summed E-state index contributed by atoms with van der Waals surface area (Å²) in [6, 6.07) is 12.5. The van der Waals surface area contributed by atoms with Gasteiger partial charge in [0.05, 0.1) is 0 Å². The summed E-state index contributed by atoms with van der Waals surface area (Å²) in [5.41, 5.74) is 2.32. The van der Waals surface area contributed by atoms with Crippen molar-refractivity contribution in [1.29, 1.82) is 0 Å². The minimum Gasteiger partial charge on any atom is -0.180 e. The van der Waals surface area contributed by atoms with Crippen LogP contribution in [0.2, 0.25) is 0 Å². The lowest BCUT2D eigenvalue weighted by Gasteiger charge is -2.01. The molecule has 78 valence electrons. The molecule has 0 saturated heterocycles. The van der Waals surface area contributed by atoms with Crippen LogP contribution >= 0.6 is 0 Å². The number of nitrogens with zero attached hydrogens (tertiary/aromatic N) is 1. The van der Waals surface area contributed by atoms with Crippen LogP contribution in [0.3, 0.4) is 0 Å². The van der Waals surface area contributed by atoms with Gasteiger partial charge >= 0.3 is 0 Å². The van der Waals surface area contributed by atoms with E-state index in [0.29, 0.717) is 6.54 Å². The molecule has 0 saturated carbocycles. The van der Waals surface area contributed by atoms with E-state index in [0.717, 1.165) is 5.69 Å². The summed E-state index contributed by atoms with van der Waals surface area (Å²) in [4.78, 5) is 0. The molecule has 2 aromatic rings. The molecule has 0 fully saturated rings. The Morgan fingerprint density at radius 3 is 2.81 bits per heavy atom. The normalized spacial score (nSPS) is 10.8. The molecular weight excluding hydrogens is 194 g/mol. The van der Waals surface area contributed by atoms with E-state index >= 15 is 0 Å². The zero-order chi connectivity index (χ0) is 11.4. The molecule has 0 unspecified atom stereocenters. The maximum atomic E-state index is 5.42. The maximum absolute atomic E-state index is 5.42. The van der Waals surface area contributed by atoms with Crippen molar-refractivity contribution < 1.29 is 4.57 Å². The van der Waals surface area contributed by atoms with E-state index in [1.54, 1.807) is 0 Å². The van der Waals surface area contributed by atoms with Crippen molar-refractivity contribution in [2.24, 2.45) is 0 Å². The number of benzene rings is 1. The molecular formula is C15H14N+. The van der Waals surface area contributed by atoms with Gasteiger partial charge < -0.3 is 0 Å². The maximum Gasteiger partial charge on any atom is 0.213 e. The highest BCUT2D eigenvalue weighted by atomic mass is 15.0. The molecule has 0 atom stereocenters. The molecule has 0 spiro atoms. The number of aromatic nitrogens is 1. The summed E-state index contributed by atoms with van der Waals surface area (Å²) in [5, 5.41) is 1.21. The molecule has 1 aromatic carbocycles. The Balaban J connectivity index is 2.74. The predicted molar refractivity (Wildman–Crippen MR) is 67.7 cm³/mol. The van der Waals surface area contributed by atoms with Crippen LogP contribution in [0.5, 0.6) is 0 Å². The average molecular weight is 208 g/mol. The van der Waals surface area contributed by atoms with Gasteiger partial charge in [0.2, 0.25) is 17.8 Å². The summed E-state index contributed by atoms with van der Waals surface area (Å²) >= 11 is 0. The number of pyridine rings is 1. The zero-order valence-electron chi connectivity index (χ0n) is 9.35. The summed E-state index contributed by atoms with van der Waals surface area (Å²) in [6.07, 6.45) is 9.52. The molecule has 0 N–H and O–H groups in total. The predicted octanol–water partition coefficient (Wildman–Crippen LogP) is 2.79. The van der Waals surface area contributed by atoms with E-state index in [1.807, 2.05) is 25.1 Å². The van der Waals surface area contributed by atoms with E-state index in [-0.39, 0.29) is 0 Å². The Kier molecular flexibility index (Phi) is 3.03. The topological polar surface area (TPSA) is 3.88 Å². The van der Waals surface area contributed by atoms with Crippen molar-refractivity contribution in [3.63, 3.8) is 0 Å². The fraction of sp³-hybridized carbons (Fsp3) is 0.133. The number of hydrogen-bond acceptors (Lipinski definition) is 0. The molecule has 1 nitrogen and oxygen atoms in total. The molecule has 0 amide bonds. The molecule has 1 heteroatoms. The van der Waals surface area contributed by atoms with Crippen LogP contribution in [-0.4, -0.2) is 0 Å². The second-order valence-corrected chi connectivity index (χ2v) is 3.61. The smallest absolute Gasteiger partial charge is 0.180 e. The summed E-state index contributed by atoms with van der Waals surface area (Å²) in [7, 11) is 0.